The number of rotatable bonds is 5. The van der Waals surface area contributed by atoms with Crippen LogP contribution in [0.15, 0.2) is 18.2 Å². The highest BCUT2D eigenvalue weighted by Gasteiger charge is 2.17. The minimum atomic E-state index is -0.815. The zero-order chi connectivity index (χ0) is 14.5. The summed E-state index contributed by atoms with van der Waals surface area (Å²) in [5, 5.41) is 10.0. The Kier molecular flexibility index (Phi) is 5.46. The molecule has 0 saturated carbocycles. The quantitative estimate of drug-likeness (QED) is 0.896. The molecule has 1 saturated heterocycles. The molecule has 1 unspecified atom stereocenters. The van der Waals surface area contributed by atoms with E-state index >= 15 is 0 Å². The van der Waals surface area contributed by atoms with E-state index in [1.54, 1.807) is 0 Å². The van der Waals surface area contributed by atoms with E-state index in [0.29, 0.717) is 12.0 Å². The van der Waals surface area contributed by atoms with Crippen LogP contribution in [0.25, 0.3) is 0 Å². The summed E-state index contributed by atoms with van der Waals surface area (Å²) in [6, 6.07) is 3.21. The summed E-state index contributed by atoms with van der Waals surface area (Å²) in [6.45, 7) is 8.02. The van der Waals surface area contributed by atoms with Gasteiger partial charge in [0, 0.05) is 38.8 Å². The molecule has 0 spiro atoms. The molecule has 0 aromatic heterocycles. The lowest BCUT2D eigenvalue weighted by atomic mass is 10.1. The Morgan fingerprint density at radius 2 is 1.60 bits per heavy atom. The fraction of sp³-hybridized carbons (Fsp3) is 0.600. The van der Waals surface area contributed by atoms with Crippen LogP contribution >= 0.6 is 0 Å². The van der Waals surface area contributed by atoms with Crippen molar-refractivity contribution in [2.45, 2.75) is 19.4 Å². The Labute approximate surface area is 118 Å². The molecular formula is C15H22F2N2O. The third-order valence-corrected chi connectivity index (χ3v) is 3.90. The molecule has 2 rings (SSSR count). The maximum Gasteiger partial charge on any atom is 0.126 e. The van der Waals surface area contributed by atoms with E-state index in [1.165, 1.54) is 12.1 Å². The molecule has 1 fully saturated rings. The molecule has 1 atom stereocenters. The number of piperazine rings is 1. The third-order valence-electron chi connectivity index (χ3n) is 3.90. The minimum absolute atomic E-state index is 0.315. The molecule has 0 bridgehead atoms. The molecule has 1 aliphatic rings. The number of hydrogen-bond donors (Lipinski definition) is 1. The Hall–Kier alpha value is -1.04. The SMILES string of the molecule is CCN1CCN(CCC(O)c2cc(F)cc(F)c2)CC1. The van der Waals surface area contributed by atoms with Gasteiger partial charge in [0.2, 0.25) is 0 Å². The van der Waals surface area contributed by atoms with Crippen LogP contribution in [0.5, 0.6) is 0 Å². The molecule has 112 valence electrons. The molecule has 3 nitrogen and oxygen atoms in total. The Morgan fingerprint density at radius 3 is 2.15 bits per heavy atom. The topological polar surface area (TPSA) is 26.7 Å². The number of hydrogen-bond acceptors (Lipinski definition) is 3. The second kappa shape index (κ2) is 7.11. The lowest BCUT2D eigenvalue weighted by Gasteiger charge is -2.34. The molecule has 1 heterocycles. The number of nitrogens with zero attached hydrogens (tertiary/aromatic N) is 2. The molecule has 20 heavy (non-hydrogen) atoms. The first-order chi connectivity index (χ1) is 9.58. The highest BCUT2D eigenvalue weighted by molar-refractivity contribution is 5.20. The molecule has 1 aliphatic heterocycles. The standard InChI is InChI=1S/C15H22F2N2O/c1-2-18-5-7-19(8-6-18)4-3-15(20)12-9-13(16)11-14(17)10-12/h9-11,15,20H,2-8H2,1H3. The van der Waals surface area contributed by atoms with Crippen LogP contribution in [0.1, 0.15) is 25.0 Å². The van der Waals surface area contributed by atoms with Crippen LogP contribution in [0.3, 0.4) is 0 Å². The van der Waals surface area contributed by atoms with Crippen LogP contribution in [-0.2, 0) is 0 Å². The Morgan fingerprint density at radius 1 is 1.05 bits per heavy atom. The van der Waals surface area contributed by atoms with Gasteiger partial charge in [-0.05, 0) is 30.7 Å². The average Bonchev–Trinajstić information content (AvgIpc) is 2.44. The lowest BCUT2D eigenvalue weighted by molar-refractivity contribution is 0.105. The van der Waals surface area contributed by atoms with Crippen molar-refractivity contribution in [1.82, 2.24) is 9.80 Å². The molecule has 0 amide bonds. The molecule has 0 radical (unpaired) electrons. The van der Waals surface area contributed by atoms with Crippen LogP contribution < -0.4 is 0 Å². The van der Waals surface area contributed by atoms with Gasteiger partial charge in [-0.3, -0.25) is 0 Å². The maximum atomic E-state index is 13.1. The van der Waals surface area contributed by atoms with E-state index < -0.39 is 17.7 Å². The van der Waals surface area contributed by atoms with Gasteiger partial charge in [-0.2, -0.15) is 0 Å². The monoisotopic (exact) mass is 284 g/mol. The summed E-state index contributed by atoms with van der Waals surface area (Å²) in [5.41, 5.74) is 0.315. The van der Waals surface area contributed by atoms with Gasteiger partial charge in [0.15, 0.2) is 0 Å². The average molecular weight is 284 g/mol. The first-order valence-electron chi connectivity index (χ1n) is 7.17. The molecule has 1 aromatic carbocycles. The van der Waals surface area contributed by atoms with Crippen molar-refractivity contribution in [3.63, 3.8) is 0 Å². The first kappa shape index (κ1) is 15.4. The number of halogens is 2. The second-order valence-corrected chi connectivity index (χ2v) is 5.28. The fourth-order valence-corrected chi connectivity index (χ4v) is 2.57. The van der Waals surface area contributed by atoms with Crippen molar-refractivity contribution in [2.24, 2.45) is 0 Å². The van der Waals surface area contributed by atoms with Crippen molar-refractivity contribution >= 4 is 0 Å². The van der Waals surface area contributed by atoms with Crippen LogP contribution in [-0.4, -0.2) is 54.2 Å². The fourth-order valence-electron chi connectivity index (χ4n) is 2.57. The van der Waals surface area contributed by atoms with Crippen molar-refractivity contribution in [3.05, 3.63) is 35.4 Å². The van der Waals surface area contributed by atoms with Gasteiger partial charge in [-0.1, -0.05) is 6.92 Å². The third kappa shape index (κ3) is 4.23. The first-order valence-corrected chi connectivity index (χ1v) is 7.17. The molecule has 0 aliphatic carbocycles. The van der Waals surface area contributed by atoms with E-state index in [-0.39, 0.29) is 0 Å². The molecule has 1 N–H and O–H groups in total. The van der Waals surface area contributed by atoms with Gasteiger partial charge in [0.25, 0.3) is 0 Å². The lowest BCUT2D eigenvalue weighted by Crippen LogP contribution is -2.46. The van der Waals surface area contributed by atoms with Crippen LogP contribution in [0.2, 0.25) is 0 Å². The van der Waals surface area contributed by atoms with Gasteiger partial charge in [0.05, 0.1) is 6.10 Å². The number of aliphatic hydroxyl groups excluding tert-OH is 1. The van der Waals surface area contributed by atoms with Crippen molar-refractivity contribution in [1.29, 1.82) is 0 Å². The van der Waals surface area contributed by atoms with Gasteiger partial charge in [0.1, 0.15) is 11.6 Å². The largest absolute Gasteiger partial charge is 0.388 e. The smallest absolute Gasteiger partial charge is 0.126 e. The second-order valence-electron chi connectivity index (χ2n) is 5.28. The van der Waals surface area contributed by atoms with Crippen molar-refractivity contribution in [3.8, 4) is 0 Å². The Balaban J connectivity index is 1.81. The summed E-state index contributed by atoms with van der Waals surface area (Å²) in [6.07, 6.45) is -0.320. The van der Waals surface area contributed by atoms with E-state index in [1.807, 2.05) is 0 Å². The van der Waals surface area contributed by atoms with Gasteiger partial charge in [-0.25, -0.2) is 8.78 Å². The van der Waals surface area contributed by atoms with Gasteiger partial charge in [-0.15, -0.1) is 0 Å². The summed E-state index contributed by atoms with van der Waals surface area (Å²) in [4.78, 5) is 4.67. The minimum Gasteiger partial charge on any atom is -0.388 e. The summed E-state index contributed by atoms with van der Waals surface area (Å²) >= 11 is 0. The van der Waals surface area contributed by atoms with Crippen molar-refractivity contribution in [2.75, 3.05) is 39.3 Å². The van der Waals surface area contributed by atoms with E-state index in [2.05, 4.69) is 16.7 Å². The zero-order valence-electron chi connectivity index (χ0n) is 11.9. The van der Waals surface area contributed by atoms with Gasteiger partial charge >= 0.3 is 0 Å². The van der Waals surface area contributed by atoms with E-state index in [9.17, 15) is 13.9 Å². The molecule has 5 heteroatoms. The predicted octanol–water partition coefficient (Wildman–Crippen LogP) is 2.03. The summed E-state index contributed by atoms with van der Waals surface area (Å²) in [5.74, 6) is -1.29. The van der Waals surface area contributed by atoms with E-state index in [4.69, 9.17) is 0 Å². The maximum absolute atomic E-state index is 13.1. The number of aliphatic hydroxyl groups is 1. The predicted molar refractivity (Wildman–Crippen MR) is 74.5 cm³/mol. The van der Waals surface area contributed by atoms with Crippen LogP contribution in [0, 0.1) is 11.6 Å². The molecule has 1 aromatic rings. The number of benzene rings is 1. The van der Waals surface area contributed by atoms with Crippen molar-refractivity contribution < 1.29 is 13.9 Å². The normalized spacial score (nSPS) is 19.2. The summed E-state index contributed by atoms with van der Waals surface area (Å²) in [7, 11) is 0. The van der Waals surface area contributed by atoms with Gasteiger partial charge < -0.3 is 14.9 Å². The highest BCUT2D eigenvalue weighted by Crippen LogP contribution is 2.19. The highest BCUT2D eigenvalue weighted by atomic mass is 19.1. The zero-order valence-corrected chi connectivity index (χ0v) is 11.9. The Bertz CT molecular complexity index is 414. The van der Waals surface area contributed by atoms with E-state index in [0.717, 1.165) is 45.3 Å². The summed E-state index contributed by atoms with van der Waals surface area (Å²) < 4.78 is 26.2. The molecular weight excluding hydrogens is 262 g/mol. The number of likely N-dealkylation sites (N-methyl/N-ethyl adjacent to an activating group) is 1. The van der Waals surface area contributed by atoms with Crippen LogP contribution in [0.4, 0.5) is 8.78 Å².